The maximum absolute atomic E-state index is 11.7. The van der Waals surface area contributed by atoms with Crippen LogP contribution in [-0.2, 0) is 4.74 Å². The van der Waals surface area contributed by atoms with E-state index in [1.807, 2.05) is 0 Å². The van der Waals surface area contributed by atoms with E-state index in [4.69, 9.17) is 16.3 Å². The van der Waals surface area contributed by atoms with Crippen molar-refractivity contribution in [1.29, 1.82) is 0 Å². The second-order valence-electron chi connectivity index (χ2n) is 5.07. The summed E-state index contributed by atoms with van der Waals surface area (Å²) in [7, 11) is 1.39. The van der Waals surface area contributed by atoms with Crippen molar-refractivity contribution < 1.29 is 9.53 Å². The van der Waals surface area contributed by atoms with E-state index in [1.54, 1.807) is 18.2 Å². The first kappa shape index (κ1) is 14.2. The zero-order valence-corrected chi connectivity index (χ0v) is 12.0. The molecule has 1 aliphatic carbocycles. The van der Waals surface area contributed by atoms with Gasteiger partial charge in [-0.1, -0.05) is 30.9 Å². The van der Waals surface area contributed by atoms with Crippen LogP contribution >= 0.6 is 11.6 Å². The number of benzene rings is 1. The van der Waals surface area contributed by atoms with Crippen LogP contribution < -0.4 is 5.32 Å². The molecule has 1 aliphatic rings. The summed E-state index contributed by atoms with van der Waals surface area (Å²) in [6, 6.07) is 5.20. The topological polar surface area (TPSA) is 38.3 Å². The Morgan fingerprint density at radius 2 is 2.11 bits per heavy atom. The first-order valence-electron chi connectivity index (χ1n) is 6.82. The highest BCUT2D eigenvalue weighted by Gasteiger charge is 2.16. The molecule has 0 atom stereocenters. The Morgan fingerprint density at radius 1 is 1.37 bits per heavy atom. The summed E-state index contributed by atoms with van der Waals surface area (Å²) in [4.78, 5) is 11.7. The van der Waals surface area contributed by atoms with Crippen LogP contribution in [0.4, 0.5) is 5.69 Å². The van der Waals surface area contributed by atoms with E-state index in [0.29, 0.717) is 16.5 Å². The third-order valence-corrected chi connectivity index (χ3v) is 3.93. The maximum Gasteiger partial charge on any atom is 0.339 e. The standard InChI is InChI=1S/C15H20ClNO2/c1-19-15(18)13-8-7-12(16)9-14(13)17-10-11-5-3-2-4-6-11/h7-9,11,17H,2-6,10H2,1H3. The Balaban J connectivity index is 2.05. The van der Waals surface area contributed by atoms with Crippen LogP contribution in [0.15, 0.2) is 18.2 Å². The predicted molar refractivity (Wildman–Crippen MR) is 77.9 cm³/mol. The predicted octanol–water partition coefficient (Wildman–Crippen LogP) is 4.12. The number of halogens is 1. The third-order valence-electron chi connectivity index (χ3n) is 3.69. The summed E-state index contributed by atoms with van der Waals surface area (Å²) in [5, 5.41) is 3.98. The molecule has 4 heteroatoms. The van der Waals surface area contributed by atoms with Gasteiger partial charge >= 0.3 is 5.97 Å². The van der Waals surface area contributed by atoms with E-state index in [9.17, 15) is 4.79 Å². The van der Waals surface area contributed by atoms with Crippen LogP contribution in [0.1, 0.15) is 42.5 Å². The van der Waals surface area contributed by atoms with Gasteiger partial charge in [-0.15, -0.1) is 0 Å². The van der Waals surface area contributed by atoms with E-state index >= 15 is 0 Å². The molecule has 0 spiro atoms. The number of hydrogen-bond acceptors (Lipinski definition) is 3. The normalized spacial score (nSPS) is 16.1. The first-order valence-corrected chi connectivity index (χ1v) is 7.20. The summed E-state index contributed by atoms with van der Waals surface area (Å²) < 4.78 is 4.79. The van der Waals surface area contributed by atoms with Crippen molar-refractivity contribution in [2.75, 3.05) is 19.0 Å². The van der Waals surface area contributed by atoms with Gasteiger partial charge in [0.05, 0.1) is 18.4 Å². The van der Waals surface area contributed by atoms with Crippen LogP contribution in [0.25, 0.3) is 0 Å². The van der Waals surface area contributed by atoms with E-state index in [1.165, 1.54) is 39.2 Å². The molecule has 0 unspecified atom stereocenters. The SMILES string of the molecule is COC(=O)c1ccc(Cl)cc1NCC1CCCCC1. The average molecular weight is 282 g/mol. The molecule has 1 saturated carbocycles. The maximum atomic E-state index is 11.7. The lowest BCUT2D eigenvalue weighted by Gasteiger charge is -2.23. The van der Waals surface area contributed by atoms with Crippen LogP contribution in [0.3, 0.4) is 0 Å². The van der Waals surface area contributed by atoms with E-state index in [0.717, 1.165) is 12.2 Å². The number of carbonyl (C=O) groups is 1. The van der Waals surface area contributed by atoms with Crippen LogP contribution in [0.2, 0.25) is 5.02 Å². The molecule has 0 amide bonds. The molecule has 0 saturated heterocycles. The van der Waals surface area contributed by atoms with Crippen LogP contribution in [-0.4, -0.2) is 19.6 Å². The van der Waals surface area contributed by atoms with Crippen molar-refractivity contribution in [2.24, 2.45) is 5.92 Å². The zero-order chi connectivity index (χ0) is 13.7. The first-order chi connectivity index (χ1) is 9.20. The van der Waals surface area contributed by atoms with E-state index < -0.39 is 0 Å². The van der Waals surface area contributed by atoms with Crippen molar-refractivity contribution >= 4 is 23.3 Å². The van der Waals surface area contributed by atoms with Gasteiger partial charge in [0, 0.05) is 11.6 Å². The minimum Gasteiger partial charge on any atom is -0.465 e. The van der Waals surface area contributed by atoms with Crippen LogP contribution in [0.5, 0.6) is 0 Å². The highest BCUT2D eigenvalue weighted by molar-refractivity contribution is 6.31. The Hall–Kier alpha value is -1.22. The van der Waals surface area contributed by atoms with Crippen molar-refractivity contribution in [3.8, 4) is 0 Å². The minimum atomic E-state index is -0.331. The summed E-state index contributed by atoms with van der Waals surface area (Å²) in [6.45, 7) is 0.893. The molecular weight excluding hydrogens is 262 g/mol. The van der Waals surface area contributed by atoms with Gasteiger partial charge < -0.3 is 10.1 Å². The number of ether oxygens (including phenoxy) is 1. The van der Waals surface area contributed by atoms with Crippen molar-refractivity contribution in [3.63, 3.8) is 0 Å². The lowest BCUT2D eigenvalue weighted by molar-refractivity contribution is 0.0602. The molecule has 0 aliphatic heterocycles. The molecule has 1 N–H and O–H groups in total. The highest BCUT2D eigenvalue weighted by atomic mass is 35.5. The van der Waals surface area contributed by atoms with Gasteiger partial charge in [0.1, 0.15) is 0 Å². The van der Waals surface area contributed by atoms with Gasteiger partial charge in [0.2, 0.25) is 0 Å². The van der Waals surface area contributed by atoms with Crippen LogP contribution in [0, 0.1) is 5.92 Å². The van der Waals surface area contributed by atoms with E-state index in [-0.39, 0.29) is 5.97 Å². The molecule has 19 heavy (non-hydrogen) atoms. The number of anilines is 1. The van der Waals surface area contributed by atoms with Crippen molar-refractivity contribution in [3.05, 3.63) is 28.8 Å². The molecule has 1 fully saturated rings. The minimum absolute atomic E-state index is 0.331. The molecule has 104 valence electrons. The number of carbonyl (C=O) groups excluding carboxylic acids is 1. The fourth-order valence-electron chi connectivity index (χ4n) is 2.60. The Labute approximate surface area is 119 Å². The molecule has 0 radical (unpaired) electrons. The van der Waals surface area contributed by atoms with Gasteiger partial charge in [-0.05, 0) is 37.0 Å². The van der Waals surface area contributed by atoms with Crippen molar-refractivity contribution in [2.45, 2.75) is 32.1 Å². The second kappa shape index (κ2) is 6.80. The Bertz CT molecular complexity index is 442. The summed E-state index contributed by atoms with van der Waals surface area (Å²) >= 11 is 5.99. The van der Waals surface area contributed by atoms with Crippen molar-refractivity contribution in [1.82, 2.24) is 0 Å². The molecule has 1 aromatic rings. The Kier molecular flexibility index (Phi) is 5.08. The van der Waals surface area contributed by atoms with E-state index in [2.05, 4.69) is 5.32 Å². The lowest BCUT2D eigenvalue weighted by atomic mass is 9.89. The smallest absolute Gasteiger partial charge is 0.339 e. The number of nitrogens with one attached hydrogen (secondary N) is 1. The zero-order valence-electron chi connectivity index (χ0n) is 11.2. The molecule has 0 heterocycles. The molecule has 3 nitrogen and oxygen atoms in total. The largest absolute Gasteiger partial charge is 0.465 e. The lowest BCUT2D eigenvalue weighted by Crippen LogP contribution is -2.18. The second-order valence-corrected chi connectivity index (χ2v) is 5.50. The summed E-state index contributed by atoms with van der Waals surface area (Å²) in [5.41, 5.74) is 1.31. The number of hydrogen-bond donors (Lipinski definition) is 1. The fraction of sp³-hybridized carbons (Fsp3) is 0.533. The Morgan fingerprint density at radius 3 is 2.79 bits per heavy atom. The average Bonchev–Trinajstić information content (AvgIpc) is 2.45. The third kappa shape index (κ3) is 3.87. The molecule has 1 aromatic carbocycles. The molecule has 2 rings (SSSR count). The quantitative estimate of drug-likeness (QED) is 0.844. The summed E-state index contributed by atoms with van der Waals surface area (Å²) in [5.74, 6) is 0.362. The summed E-state index contributed by atoms with van der Waals surface area (Å²) in [6.07, 6.45) is 6.50. The number of esters is 1. The molecular formula is C15H20ClNO2. The monoisotopic (exact) mass is 281 g/mol. The molecule has 0 aromatic heterocycles. The van der Waals surface area contributed by atoms with Gasteiger partial charge in [0.15, 0.2) is 0 Å². The van der Waals surface area contributed by atoms with Gasteiger partial charge in [0.25, 0.3) is 0 Å². The van der Waals surface area contributed by atoms with Gasteiger partial charge in [-0.3, -0.25) is 0 Å². The molecule has 0 bridgehead atoms. The number of methoxy groups -OCH3 is 1. The van der Waals surface area contributed by atoms with Gasteiger partial charge in [-0.25, -0.2) is 4.79 Å². The highest BCUT2D eigenvalue weighted by Crippen LogP contribution is 2.26. The van der Waals surface area contributed by atoms with Gasteiger partial charge in [-0.2, -0.15) is 0 Å². The fourth-order valence-corrected chi connectivity index (χ4v) is 2.77. The number of rotatable bonds is 4.